The van der Waals surface area contributed by atoms with Gasteiger partial charge in [0.1, 0.15) is 10.2 Å². The number of carbonyl (C=O) groups excluding carboxylic acids is 1. The second kappa shape index (κ2) is 11.1. The van der Waals surface area contributed by atoms with Crippen LogP contribution in [0, 0.1) is 5.82 Å². The van der Waals surface area contributed by atoms with Gasteiger partial charge in [-0.05, 0) is 17.7 Å². The third-order valence-electron chi connectivity index (χ3n) is 4.86. The Balaban J connectivity index is 1.37. The highest BCUT2D eigenvalue weighted by Gasteiger charge is 2.29. The molecule has 0 aromatic heterocycles. The second-order valence-electron chi connectivity index (χ2n) is 7.33. The summed E-state index contributed by atoms with van der Waals surface area (Å²) in [5, 5.41) is 11.9. The fraction of sp³-hybridized carbons (Fsp3) is 0.550. The average molecular weight is 456 g/mol. The fourth-order valence-electron chi connectivity index (χ4n) is 3.32. The lowest BCUT2D eigenvalue weighted by atomic mass is 10.2. The van der Waals surface area contributed by atoms with Crippen LogP contribution in [0.15, 0.2) is 29.3 Å². The van der Waals surface area contributed by atoms with Gasteiger partial charge in [-0.25, -0.2) is 4.39 Å². The van der Waals surface area contributed by atoms with Gasteiger partial charge < -0.3 is 15.2 Å². The molecule has 0 bridgehead atoms. The second-order valence-corrected chi connectivity index (χ2v) is 9.92. The van der Waals surface area contributed by atoms with E-state index in [1.165, 1.54) is 35.7 Å². The first-order chi connectivity index (χ1) is 14.4. The highest BCUT2D eigenvalue weighted by molar-refractivity contribution is 8.39. The molecular weight excluding hydrogens is 429 g/mol. The van der Waals surface area contributed by atoms with Crippen LogP contribution in [-0.2, 0) is 20.9 Å². The van der Waals surface area contributed by atoms with Crippen LogP contribution >= 0.6 is 23.5 Å². The summed E-state index contributed by atoms with van der Waals surface area (Å²) in [6, 6.07) is 6.34. The summed E-state index contributed by atoms with van der Waals surface area (Å²) < 4.78 is 19.9. The molecule has 0 spiro atoms. The number of thioether (sulfide) groups is 2. The van der Waals surface area contributed by atoms with Gasteiger partial charge in [0.25, 0.3) is 0 Å². The number of halogens is 1. The van der Waals surface area contributed by atoms with Gasteiger partial charge in [-0.15, -0.1) is 0 Å². The van der Waals surface area contributed by atoms with Gasteiger partial charge in [0.15, 0.2) is 0 Å². The highest BCUT2D eigenvalue weighted by atomic mass is 32.2. The number of morpholine rings is 1. The van der Waals surface area contributed by atoms with Crippen LogP contribution in [0.2, 0.25) is 0 Å². The van der Waals surface area contributed by atoms with Crippen molar-refractivity contribution < 1.29 is 23.8 Å². The van der Waals surface area contributed by atoms with Gasteiger partial charge in [-0.3, -0.25) is 19.5 Å². The topological polar surface area (TPSA) is 91.2 Å². The Labute approximate surface area is 183 Å². The summed E-state index contributed by atoms with van der Waals surface area (Å²) in [4.78, 5) is 29.7. The first-order valence-corrected chi connectivity index (χ1v) is 11.7. The molecule has 3 rings (SSSR count). The standard InChI is InChI=1S/C20H26FN3O4S2/c1-13-17(8-19(26)27)23-20(30-13)29-12-18(25)22-9-16-11-24(5-6-28-16)10-14-3-2-4-15(21)7-14/h2-4,7,13,16-17H,5-6,8-12H2,1H3,(H,22,25)(H,26,27)/t13?,16-,17?/m0/s1. The van der Waals surface area contributed by atoms with Crippen molar-refractivity contribution in [3.8, 4) is 0 Å². The molecule has 0 saturated carbocycles. The number of nitrogens with zero attached hydrogens (tertiary/aromatic N) is 2. The number of nitrogens with one attached hydrogen (secondary N) is 1. The van der Waals surface area contributed by atoms with Gasteiger partial charge >= 0.3 is 5.97 Å². The number of hydrogen-bond acceptors (Lipinski definition) is 7. The monoisotopic (exact) mass is 455 g/mol. The number of rotatable bonds is 8. The maximum atomic E-state index is 13.4. The van der Waals surface area contributed by atoms with Crippen LogP contribution in [0.1, 0.15) is 18.9 Å². The quantitative estimate of drug-likeness (QED) is 0.621. The van der Waals surface area contributed by atoms with Crippen molar-refractivity contribution >= 4 is 39.8 Å². The van der Waals surface area contributed by atoms with Gasteiger partial charge in [-0.1, -0.05) is 42.6 Å². The normalized spacial score (nSPS) is 24.5. The number of carbonyl (C=O) groups is 2. The van der Waals surface area contributed by atoms with Gasteiger partial charge in [0, 0.05) is 31.4 Å². The van der Waals surface area contributed by atoms with E-state index in [1.54, 1.807) is 6.07 Å². The molecule has 2 aliphatic heterocycles. The molecule has 2 unspecified atom stereocenters. The lowest BCUT2D eigenvalue weighted by Gasteiger charge is -2.33. The Morgan fingerprint density at radius 1 is 1.47 bits per heavy atom. The molecule has 7 nitrogen and oxygen atoms in total. The van der Waals surface area contributed by atoms with Crippen LogP contribution in [0.5, 0.6) is 0 Å². The molecule has 2 heterocycles. The SMILES string of the molecule is CC1SC(SCC(=O)NC[C@H]2CN(Cc3cccc(F)c3)CCO2)=NC1CC(=O)O. The van der Waals surface area contributed by atoms with E-state index in [1.807, 2.05) is 13.0 Å². The Kier molecular flexibility index (Phi) is 8.55. The molecule has 0 radical (unpaired) electrons. The predicted molar refractivity (Wildman–Crippen MR) is 117 cm³/mol. The molecule has 0 aliphatic carbocycles. The van der Waals surface area contributed by atoms with Gasteiger partial charge in [-0.2, -0.15) is 0 Å². The van der Waals surface area contributed by atoms with E-state index < -0.39 is 5.97 Å². The Hall–Kier alpha value is -1.62. The minimum absolute atomic E-state index is 0.00949. The maximum Gasteiger partial charge on any atom is 0.305 e. The number of ether oxygens (including phenoxy) is 1. The highest BCUT2D eigenvalue weighted by Crippen LogP contribution is 2.33. The van der Waals surface area contributed by atoms with E-state index in [2.05, 4.69) is 15.2 Å². The Morgan fingerprint density at radius 2 is 2.30 bits per heavy atom. The van der Waals surface area contributed by atoms with Crippen LogP contribution < -0.4 is 5.32 Å². The summed E-state index contributed by atoms with van der Waals surface area (Å²) in [7, 11) is 0. The van der Waals surface area contributed by atoms with Crippen molar-refractivity contribution in [2.45, 2.75) is 37.3 Å². The number of benzene rings is 1. The molecule has 1 aromatic carbocycles. The molecule has 164 valence electrons. The van der Waals surface area contributed by atoms with Crippen molar-refractivity contribution in [2.75, 3.05) is 32.0 Å². The number of hydrogen-bond donors (Lipinski definition) is 2. The summed E-state index contributed by atoms with van der Waals surface area (Å²) in [6.07, 6.45) is -0.102. The average Bonchev–Trinajstić information content (AvgIpc) is 3.04. The first-order valence-electron chi connectivity index (χ1n) is 9.83. The molecule has 1 fully saturated rings. The first kappa shape index (κ1) is 23.1. The predicted octanol–water partition coefficient (Wildman–Crippen LogP) is 2.21. The van der Waals surface area contributed by atoms with Crippen LogP contribution in [0.25, 0.3) is 0 Å². The van der Waals surface area contributed by atoms with Crippen molar-refractivity contribution in [1.82, 2.24) is 10.2 Å². The Bertz CT molecular complexity index is 795. The van der Waals surface area contributed by atoms with Crippen LogP contribution in [0.4, 0.5) is 4.39 Å². The Morgan fingerprint density at radius 3 is 3.07 bits per heavy atom. The number of aliphatic imine (C=N–C) groups is 1. The third kappa shape index (κ3) is 7.26. The number of aliphatic carboxylic acids is 1. The summed E-state index contributed by atoms with van der Waals surface area (Å²) >= 11 is 2.86. The molecule has 10 heteroatoms. The smallest absolute Gasteiger partial charge is 0.305 e. The van der Waals surface area contributed by atoms with Crippen molar-refractivity contribution in [3.63, 3.8) is 0 Å². The number of carboxylic acid groups (broad SMARTS) is 1. The zero-order valence-corrected chi connectivity index (χ0v) is 18.4. The minimum atomic E-state index is -0.862. The van der Waals surface area contributed by atoms with E-state index in [0.717, 1.165) is 16.5 Å². The molecule has 1 amide bonds. The van der Waals surface area contributed by atoms with E-state index in [9.17, 15) is 14.0 Å². The van der Waals surface area contributed by atoms with Crippen molar-refractivity contribution in [3.05, 3.63) is 35.6 Å². The number of carboxylic acids is 1. The molecule has 2 aliphatic rings. The van der Waals surface area contributed by atoms with Crippen LogP contribution in [-0.4, -0.2) is 75.6 Å². The lowest BCUT2D eigenvalue weighted by Crippen LogP contribution is -2.47. The molecule has 2 N–H and O–H groups in total. The minimum Gasteiger partial charge on any atom is -0.481 e. The van der Waals surface area contributed by atoms with Gasteiger partial charge in [0.2, 0.25) is 5.91 Å². The summed E-state index contributed by atoms with van der Waals surface area (Å²) in [5.41, 5.74) is 0.918. The largest absolute Gasteiger partial charge is 0.481 e. The van der Waals surface area contributed by atoms with E-state index in [-0.39, 0.29) is 41.3 Å². The van der Waals surface area contributed by atoms with E-state index in [0.29, 0.717) is 26.2 Å². The van der Waals surface area contributed by atoms with Gasteiger partial charge in [0.05, 0.1) is 30.9 Å². The van der Waals surface area contributed by atoms with E-state index in [4.69, 9.17) is 9.84 Å². The lowest BCUT2D eigenvalue weighted by molar-refractivity contribution is -0.137. The third-order valence-corrected chi connectivity index (χ3v) is 7.25. The summed E-state index contributed by atoms with van der Waals surface area (Å²) in [6.45, 7) is 5.02. The van der Waals surface area contributed by atoms with E-state index >= 15 is 0 Å². The zero-order valence-electron chi connectivity index (χ0n) is 16.8. The molecule has 3 atom stereocenters. The van der Waals surface area contributed by atoms with Crippen molar-refractivity contribution in [2.24, 2.45) is 4.99 Å². The number of amides is 1. The zero-order chi connectivity index (χ0) is 21.5. The van der Waals surface area contributed by atoms with Crippen LogP contribution in [0.3, 0.4) is 0 Å². The maximum absolute atomic E-state index is 13.4. The molecule has 30 heavy (non-hydrogen) atoms. The van der Waals surface area contributed by atoms with Crippen molar-refractivity contribution in [1.29, 1.82) is 0 Å². The fourth-order valence-corrected chi connectivity index (χ4v) is 5.62. The molecule has 1 aromatic rings. The molecular formula is C20H26FN3O4S2. The molecule has 1 saturated heterocycles. The summed E-state index contributed by atoms with van der Waals surface area (Å²) in [5.74, 6) is -0.976.